The van der Waals surface area contributed by atoms with Crippen LogP contribution in [0.2, 0.25) is 0 Å². The van der Waals surface area contributed by atoms with Gasteiger partial charge in [-0.05, 0) is 50.1 Å². The van der Waals surface area contributed by atoms with Crippen molar-refractivity contribution in [2.24, 2.45) is 0 Å². The van der Waals surface area contributed by atoms with E-state index in [0.29, 0.717) is 49.8 Å². The highest BCUT2D eigenvalue weighted by Crippen LogP contribution is 2.28. The quantitative estimate of drug-likeness (QED) is 0.361. The number of amides is 1. The van der Waals surface area contributed by atoms with Gasteiger partial charge < -0.3 is 24.3 Å². The molecular weight excluding hydrogens is 398 g/mol. The van der Waals surface area contributed by atoms with Crippen molar-refractivity contribution >= 4 is 11.9 Å². The number of unbranched alkanes of at least 4 members (excludes halogenated alkanes) is 2. The molecule has 0 aliphatic heterocycles. The summed E-state index contributed by atoms with van der Waals surface area (Å²) in [5, 5.41) is 2.89. The maximum absolute atomic E-state index is 12.4. The van der Waals surface area contributed by atoms with Crippen molar-refractivity contribution in [3.05, 3.63) is 54.1 Å². The van der Waals surface area contributed by atoms with Crippen molar-refractivity contribution in [3.63, 3.8) is 0 Å². The molecule has 2 aromatic rings. The first-order valence-corrected chi connectivity index (χ1v) is 10.6. The van der Waals surface area contributed by atoms with Gasteiger partial charge in [-0.1, -0.05) is 24.6 Å². The van der Waals surface area contributed by atoms with E-state index in [-0.39, 0.29) is 11.9 Å². The average molecular weight is 430 g/mol. The molecule has 0 unspecified atom stereocenters. The van der Waals surface area contributed by atoms with Crippen LogP contribution in [0.25, 0.3) is 0 Å². The van der Waals surface area contributed by atoms with Crippen LogP contribution < -0.4 is 19.5 Å². The van der Waals surface area contributed by atoms with Gasteiger partial charge in [0.15, 0.2) is 11.5 Å². The fourth-order valence-corrected chi connectivity index (χ4v) is 2.84. The number of carbonyl (C=O) groups excluding carboxylic acids is 2. The summed E-state index contributed by atoms with van der Waals surface area (Å²) in [7, 11) is 1.38. The van der Waals surface area contributed by atoms with Crippen molar-refractivity contribution in [1.29, 1.82) is 0 Å². The minimum absolute atomic E-state index is 0.173. The van der Waals surface area contributed by atoms with Crippen LogP contribution in [-0.4, -0.2) is 45.4 Å². The largest absolute Gasteiger partial charge is 0.490 e. The summed E-state index contributed by atoms with van der Waals surface area (Å²) in [5.74, 6) is 1.49. The molecule has 1 N–H and O–H groups in total. The summed E-state index contributed by atoms with van der Waals surface area (Å²) < 4.78 is 21.7. The van der Waals surface area contributed by atoms with Crippen LogP contribution in [0.4, 0.5) is 0 Å². The second kappa shape index (κ2) is 13.9. The van der Waals surface area contributed by atoms with Crippen molar-refractivity contribution in [1.82, 2.24) is 5.32 Å². The predicted octanol–water partition coefficient (Wildman–Crippen LogP) is 4.01. The normalized spacial score (nSPS) is 10.3. The van der Waals surface area contributed by atoms with E-state index in [2.05, 4.69) is 10.1 Å². The molecular formula is C24H31NO6. The Morgan fingerprint density at radius 3 is 2.39 bits per heavy atom. The van der Waals surface area contributed by atoms with Crippen LogP contribution in [0.3, 0.4) is 0 Å². The monoisotopic (exact) mass is 429 g/mol. The molecule has 0 aliphatic rings. The van der Waals surface area contributed by atoms with E-state index in [1.165, 1.54) is 7.11 Å². The Labute approximate surface area is 183 Å². The molecule has 2 aromatic carbocycles. The van der Waals surface area contributed by atoms with Gasteiger partial charge in [-0.2, -0.15) is 0 Å². The van der Waals surface area contributed by atoms with E-state index in [1.807, 2.05) is 37.3 Å². The van der Waals surface area contributed by atoms with E-state index in [1.54, 1.807) is 18.2 Å². The molecule has 168 valence electrons. The van der Waals surface area contributed by atoms with Gasteiger partial charge >= 0.3 is 5.97 Å². The number of carbonyl (C=O) groups is 2. The molecule has 0 bridgehead atoms. The fraction of sp³-hybridized carbons (Fsp3) is 0.417. The number of hydrogen-bond donors (Lipinski definition) is 1. The van der Waals surface area contributed by atoms with E-state index < -0.39 is 0 Å². The highest BCUT2D eigenvalue weighted by atomic mass is 16.5. The molecule has 7 nitrogen and oxygen atoms in total. The Balaban J connectivity index is 1.78. The molecule has 2 rings (SSSR count). The van der Waals surface area contributed by atoms with E-state index >= 15 is 0 Å². The van der Waals surface area contributed by atoms with E-state index in [0.717, 1.165) is 25.0 Å². The number of ether oxygens (including phenoxy) is 4. The second-order valence-electron chi connectivity index (χ2n) is 6.75. The first kappa shape index (κ1) is 24.1. The molecule has 0 fully saturated rings. The predicted molar refractivity (Wildman–Crippen MR) is 118 cm³/mol. The molecule has 0 saturated carbocycles. The number of esters is 1. The highest BCUT2D eigenvalue weighted by Gasteiger charge is 2.12. The molecule has 0 radical (unpaired) electrons. The zero-order chi connectivity index (χ0) is 22.3. The standard InChI is InChI=1S/C24H31NO6/c1-3-29-22-18-19(24(27)25-15-9-5-8-12-23(26)28-2)13-14-21(22)31-17-16-30-20-10-6-4-7-11-20/h4,6-7,10-11,13-14,18H,3,5,8-9,12,15-17H2,1-2H3,(H,25,27). The average Bonchev–Trinajstić information content (AvgIpc) is 2.80. The number of rotatable bonds is 14. The molecule has 1 amide bonds. The topological polar surface area (TPSA) is 83.1 Å². The smallest absolute Gasteiger partial charge is 0.305 e. The zero-order valence-electron chi connectivity index (χ0n) is 18.2. The third kappa shape index (κ3) is 8.99. The molecule has 0 aromatic heterocycles. The van der Waals surface area contributed by atoms with Gasteiger partial charge in [0.1, 0.15) is 19.0 Å². The SMILES string of the molecule is CCOc1cc(C(=O)NCCCCCC(=O)OC)ccc1OCCOc1ccccc1. The molecule has 0 spiro atoms. The van der Waals surface area contributed by atoms with Crippen molar-refractivity contribution in [2.75, 3.05) is 33.5 Å². The molecule has 0 atom stereocenters. The van der Waals surface area contributed by atoms with E-state index in [4.69, 9.17) is 14.2 Å². The van der Waals surface area contributed by atoms with Crippen LogP contribution >= 0.6 is 0 Å². The Kier molecular flexibility index (Phi) is 10.8. The van der Waals surface area contributed by atoms with Crippen LogP contribution in [0.15, 0.2) is 48.5 Å². The third-order valence-electron chi connectivity index (χ3n) is 4.43. The summed E-state index contributed by atoms with van der Waals surface area (Å²) in [6.45, 7) is 3.63. The maximum Gasteiger partial charge on any atom is 0.305 e. The zero-order valence-corrected chi connectivity index (χ0v) is 18.2. The Morgan fingerprint density at radius 1 is 0.871 bits per heavy atom. The third-order valence-corrected chi connectivity index (χ3v) is 4.43. The minimum atomic E-state index is -0.207. The van der Waals surface area contributed by atoms with Gasteiger partial charge in [-0.25, -0.2) is 0 Å². The van der Waals surface area contributed by atoms with Gasteiger partial charge in [-0.15, -0.1) is 0 Å². The van der Waals surface area contributed by atoms with E-state index in [9.17, 15) is 9.59 Å². The minimum Gasteiger partial charge on any atom is -0.490 e. The number of hydrogen-bond acceptors (Lipinski definition) is 6. The molecule has 7 heteroatoms. The number of para-hydroxylation sites is 1. The van der Waals surface area contributed by atoms with Crippen LogP contribution in [0.1, 0.15) is 43.0 Å². The highest BCUT2D eigenvalue weighted by molar-refractivity contribution is 5.94. The Bertz CT molecular complexity index is 809. The summed E-state index contributed by atoms with van der Waals surface area (Å²) in [4.78, 5) is 23.5. The Hall–Kier alpha value is -3.22. The van der Waals surface area contributed by atoms with Gasteiger partial charge in [0.05, 0.1) is 13.7 Å². The summed E-state index contributed by atoms with van der Waals surface area (Å²) >= 11 is 0. The van der Waals surface area contributed by atoms with Crippen molar-refractivity contribution in [2.45, 2.75) is 32.6 Å². The van der Waals surface area contributed by atoms with Gasteiger partial charge in [0, 0.05) is 18.5 Å². The number of methoxy groups -OCH3 is 1. The summed E-state index contributed by atoms with van der Waals surface area (Å²) in [5.41, 5.74) is 0.505. The first-order chi connectivity index (χ1) is 15.1. The van der Waals surface area contributed by atoms with Crippen LogP contribution in [0.5, 0.6) is 17.2 Å². The maximum atomic E-state index is 12.4. The first-order valence-electron chi connectivity index (χ1n) is 10.6. The molecule has 0 saturated heterocycles. The van der Waals surface area contributed by atoms with Gasteiger partial charge in [-0.3, -0.25) is 9.59 Å². The lowest BCUT2D eigenvalue weighted by molar-refractivity contribution is -0.140. The lowest BCUT2D eigenvalue weighted by Crippen LogP contribution is -2.24. The lowest BCUT2D eigenvalue weighted by Gasteiger charge is -2.14. The lowest BCUT2D eigenvalue weighted by atomic mass is 10.1. The number of benzene rings is 2. The van der Waals surface area contributed by atoms with Crippen molar-refractivity contribution in [3.8, 4) is 17.2 Å². The number of nitrogens with one attached hydrogen (secondary N) is 1. The second-order valence-corrected chi connectivity index (χ2v) is 6.75. The van der Waals surface area contributed by atoms with Gasteiger partial charge in [0.2, 0.25) is 0 Å². The summed E-state index contributed by atoms with van der Waals surface area (Å²) in [6, 6.07) is 14.7. The van der Waals surface area contributed by atoms with Crippen LogP contribution in [-0.2, 0) is 9.53 Å². The summed E-state index contributed by atoms with van der Waals surface area (Å²) in [6.07, 6.45) is 2.79. The fourth-order valence-electron chi connectivity index (χ4n) is 2.84. The molecule has 0 aliphatic carbocycles. The van der Waals surface area contributed by atoms with Crippen molar-refractivity contribution < 1.29 is 28.5 Å². The van der Waals surface area contributed by atoms with Crippen LogP contribution in [0, 0.1) is 0 Å². The Morgan fingerprint density at radius 2 is 1.65 bits per heavy atom. The molecule has 31 heavy (non-hydrogen) atoms. The molecule has 0 heterocycles. The van der Waals surface area contributed by atoms with Gasteiger partial charge in [0.25, 0.3) is 5.91 Å².